The molecular formula is C16H29N3O. The highest BCUT2D eigenvalue weighted by Gasteiger charge is 2.36. The van der Waals surface area contributed by atoms with Gasteiger partial charge in [-0.1, -0.05) is 6.92 Å². The zero-order valence-corrected chi connectivity index (χ0v) is 12.8. The first-order valence-electron chi connectivity index (χ1n) is 8.53. The van der Waals surface area contributed by atoms with Gasteiger partial charge in [-0.05, 0) is 51.0 Å². The fourth-order valence-corrected chi connectivity index (χ4v) is 4.30. The smallest absolute Gasteiger partial charge is 0.236 e. The van der Waals surface area contributed by atoms with Gasteiger partial charge in [0.05, 0.1) is 6.54 Å². The van der Waals surface area contributed by atoms with Gasteiger partial charge in [0.2, 0.25) is 5.91 Å². The molecule has 4 nitrogen and oxygen atoms in total. The first-order chi connectivity index (χ1) is 9.78. The van der Waals surface area contributed by atoms with Crippen molar-refractivity contribution in [3.8, 4) is 0 Å². The second kappa shape index (κ2) is 6.44. The van der Waals surface area contributed by atoms with Crippen molar-refractivity contribution in [2.24, 2.45) is 5.92 Å². The average molecular weight is 279 g/mol. The van der Waals surface area contributed by atoms with Gasteiger partial charge in [0, 0.05) is 31.7 Å². The number of nitrogens with zero attached hydrogens (tertiary/aromatic N) is 2. The predicted octanol–water partition coefficient (Wildman–Crippen LogP) is 1.46. The number of hydrogen-bond donors (Lipinski definition) is 1. The predicted molar refractivity (Wildman–Crippen MR) is 80.6 cm³/mol. The largest absolute Gasteiger partial charge is 0.339 e. The Kier molecular flexibility index (Phi) is 4.61. The summed E-state index contributed by atoms with van der Waals surface area (Å²) >= 11 is 0. The molecule has 1 N–H and O–H groups in total. The number of hydrogen-bond acceptors (Lipinski definition) is 3. The van der Waals surface area contributed by atoms with Crippen molar-refractivity contribution in [2.75, 3.05) is 32.7 Å². The summed E-state index contributed by atoms with van der Waals surface area (Å²) in [5, 5.41) is 3.62. The van der Waals surface area contributed by atoms with E-state index in [-0.39, 0.29) is 0 Å². The van der Waals surface area contributed by atoms with Crippen LogP contribution in [-0.4, -0.2) is 60.5 Å². The zero-order valence-electron chi connectivity index (χ0n) is 12.8. The number of piperidine rings is 2. The molecule has 0 aromatic heterocycles. The van der Waals surface area contributed by atoms with E-state index >= 15 is 0 Å². The molecule has 0 spiro atoms. The molecule has 0 aliphatic carbocycles. The van der Waals surface area contributed by atoms with Gasteiger partial charge in [-0.3, -0.25) is 9.69 Å². The maximum absolute atomic E-state index is 12.6. The van der Waals surface area contributed by atoms with Crippen LogP contribution in [0.3, 0.4) is 0 Å². The summed E-state index contributed by atoms with van der Waals surface area (Å²) in [5.74, 6) is 1.15. The van der Waals surface area contributed by atoms with Crippen molar-refractivity contribution >= 4 is 5.91 Å². The summed E-state index contributed by atoms with van der Waals surface area (Å²) in [7, 11) is 0. The molecule has 1 amide bonds. The van der Waals surface area contributed by atoms with Crippen molar-refractivity contribution in [2.45, 2.75) is 57.5 Å². The SMILES string of the molecule is CCC1CCCCN1C(=O)CN1CC2CCCNC2C1. The fraction of sp³-hybridized carbons (Fsp3) is 0.938. The van der Waals surface area contributed by atoms with Crippen LogP contribution >= 0.6 is 0 Å². The lowest BCUT2D eigenvalue weighted by atomic mass is 9.94. The maximum Gasteiger partial charge on any atom is 0.236 e. The topological polar surface area (TPSA) is 35.6 Å². The van der Waals surface area contributed by atoms with Gasteiger partial charge in [0.25, 0.3) is 0 Å². The molecule has 3 unspecified atom stereocenters. The molecule has 0 aromatic carbocycles. The van der Waals surface area contributed by atoms with Gasteiger partial charge in [-0.15, -0.1) is 0 Å². The summed E-state index contributed by atoms with van der Waals surface area (Å²) in [6.07, 6.45) is 7.43. The van der Waals surface area contributed by atoms with E-state index in [4.69, 9.17) is 0 Å². The Labute approximate surface area is 122 Å². The van der Waals surface area contributed by atoms with E-state index in [9.17, 15) is 4.79 Å². The van der Waals surface area contributed by atoms with Crippen molar-refractivity contribution in [1.29, 1.82) is 0 Å². The van der Waals surface area contributed by atoms with Crippen molar-refractivity contribution < 1.29 is 4.79 Å². The third-order valence-electron chi connectivity index (χ3n) is 5.45. The van der Waals surface area contributed by atoms with E-state index in [1.165, 1.54) is 32.1 Å². The molecule has 0 aromatic rings. The summed E-state index contributed by atoms with van der Waals surface area (Å²) in [6, 6.07) is 1.14. The minimum Gasteiger partial charge on any atom is -0.339 e. The van der Waals surface area contributed by atoms with Crippen LogP contribution < -0.4 is 5.32 Å². The standard InChI is InChI=1S/C16H29N3O/c1-2-14-7-3-4-9-19(14)16(20)12-18-10-13-6-5-8-17-15(13)11-18/h13-15,17H,2-12H2,1H3. The second-order valence-electron chi connectivity index (χ2n) is 6.80. The number of amides is 1. The number of likely N-dealkylation sites (tertiary alicyclic amines) is 2. The first-order valence-corrected chi connectivity index (χ1v) is 8.53. The molecular weight excluding hydrogens is 250 g/mol. The van der Waals surface area contributed by atoms with Gasteiger partial charge in [0.15, 0.2) is 0 Å². The van der Waals surface area contributed by atoms with Gasteiger partial charge in [-0.2, -0.15) is 0 Å². The number of carbonyl (C=O) groups is 1. The van der Waals surface area contributed by atoms with Crippen LogP contribution in [0.1, 0.15) is 45.4 Å². The van der Waals surface area contributed by atoms with Gasteiger partial charge in [-0.25, -0.2) is 0 Å². The Balaban J connectivity index is 1.53. The Hall–Kier alpha value is -0.610. The minimum absolute atomic E-state index is 0.371. The zero-order chi connectivity index (χ0) is 13.9. The molecule has 0 radical (unpaired) electrons. The van der Waals surface area contributed by atoms with Crippen LogP contribution in [-0.2, 0) is 4.79 Å². The van der Waals surface area contributed by atoms with Crippen molar-refractivity contribution in [1.82, 2.24) is 15.1 Å². The lowest BCUT2D eigenvalue weighted by molar-refractivity contribution is -0.136. The van der Waals surface area contributed by atoms with Gasteiger partial charge < -0.3 is 10.2 Å². The van der Waals surface area contributed by atoms with Crippen LogP contribution in [0.2, 0.25) is 0 Å². The normalized spacial score (nSPS) is 35.0. The van der Waals surface area contributed by atoms with Crippen LogP contribution in [0.15, 0.2) is 0 Å². The van der Waals surface area contributed by atoms with Crippen LogP contribution in [0.25, 0.3) is 0 Å². The van der Waals surface area contributed by atoms with Crippen molar-refractivity contribution in [3.05, 3.63) is 0 Å². The summed E-state index contributed by atoms with van der Waals surface area (Å²) in [6.45, 7) is 7.19. The fourth-order valence-electron chi connectivity index (χ4n) is 4.30. The third kappa shape index (κ3) is 3.01. The van der Waals surface area contributed by atoms with Crippen LogP contribution in [0, 0.1) is 5.92 Å². The second-order valence-corrected chi connectivity index (χ2v) is 6.80. The molecule has 0 bridgehead atoms. The monoisotopic (exact) mass is 279 g/mol. The minimum atomic E-state index is 0.371. The molecule has 3 saturated heterocycles. The summed E-state index contributed by atoms with van der Waals surface area (Å²) in [5.41, 5.74) is 0. The van der Waals surface area contributed by atoms with E-state index in [2.05, 4.69) is 22.0 Å². The van der Waals surface area contributed by atoms with Gasteiger partial charge in [0.1, 0.15) is 0 Å². The Bertz CT molecular complexity index is 333. The number of rotatable bonds is 3. The third-order valence-corrected chi connectivity index (χ3v) is 5.45. The Morgan fingerprint density at radius 1 is 1.20 bits per heavy atom. The van der Waals surface area contributed by atoms with E-state index in [0.29, 0.717) is 24.5 Å². The molecule has 3 fully saturated rings. The molecule has 20 heavy (non-hydrogen) atoms. The summed E-state index contributed by atoms with van der Waals surface area (Å²) in [4.78, 5) is 17.1. The van der Waals surface area contributed by atoms with E-state index in [0.717, 1.165) is 38.5 Å². The Morgan fingerprint density at radius 2 is 2.10 bits per heavy atom. The summed E-state index contributed by atoms with van der Waals surface area (Å²) < 4.78 is 0. The highest BCUT2D eigenvalue weighted by Crippen LogP contribution is 2.25. The molecule has 3 heterocycles. The molecule has 3 rings (SSSR count). The van der Waals surface area contributed by atoms with E-state index in [1.807, 2.05) is 0 Å². The Morgan fingerprint density at radius 3 is 2.90 bits per heavy atom. The lowest BCUT2D eigenvalue weighted by Gasteiger charge is -2.36. The number of carbonyl (C=O) groups excluding carboxylic acids is 1. The molecule has 3 atom stereocenters. The highest BCUT2D eigenvalue weighted by atomic mass is 16.2. The molecule has 0 saturated carbocycles. The average Bonchev–Trinajstić information content (AvgIpc) is 2.89. The molecule has 4 heteroatoms. The number of fused-ring (bicyclic) bond motifs is 1. The molecule has 114 valence electrons. The number of nitrogens with one attached hydrogen (secondary N) is 1. The van der Waals surface area contributed by atoms with Gasteiger partial charge >= 0.3 is 0 Å². The van der Waals surface area contributed by atoms with E-state index in [1.54, 1.807) is 0 Å². The van der Waals surface area contributed by atoms with Crippen LogP contribution in [0.5, 0.6) is 0 Å². The molecule has 3 aliphatic rings. The molecule has 3 aliphatic heterocycles. The lowest BCUT2D eigenvalue weighted by Crippen LogP contribution is -2.47. The quantitative estimate of drug-likeness (QED) is 0.849. The maximum atomic E-state index is 12.6. The highest BCUT2D eigenvalue weighted by molar-refractivity contribution is 5.78. The van der Waals surface area contributed by atoms with E-state index < -0.39 is 0 Å². The van der Waals surface area contributed by atoms with Crippen LogP contribution in [0.4, 0.5) is 0 Å². The van der Waals surface area contributed by atoms with Crippen molar-refractivity contribution in [3.63, 3.8) is 0 Å². The first kappa shape index (κ1) is 14.3.